The van der Waals surface area contributed by atoms with Gasteiger partial charge in [-0.2, -0.15) is 10.2 Å². The maximum atomic E-state index is 12.7. The smallest absolute Gasteiger partial charge is 0.269 e. The van der Waals surface area contributed by atoms with Crippen LogP contribution >= 0.6 is 34.8 Å². The first-order valence-corrected chi connectivity index (χ1v) is 10.7. The van der Waals surface area contributed by atoms with Crippen LogP contribution in [0.3, 0.4) is 0 Å². The topological polar surface area (TPSA) is 86.3 Å². The number of hydrogen-bond acceptors (Lipinski definition) is 5. The summed E-state index contributed by atoms with van der Waals surface area (Å²) in [6, 6.07) is 5.26. The highest BCUT2D eigenvalue weighted by atomic mass is 35.5. The molecule has 1 aromatic carbocycles. The van der Waals surface area contributed by atoms with Crippen molar-refractivity contribution in [3.63, 3.8) is 0 Å². The summed E-state index contributed by atoms with van der Waals surface area (Å²) in [6.45, 7) is 4.96. The van der Waals surface area contributed by atoms with Crippen molar-refractivity contribution >= 4 is 52.2 Å². The predicted molar refractivity (Wildman–Crippen MR) is 120 cm³/mol. The molecule has 1 aliphatic heterocycles. The number of benzene rings is 1. The van der Waals surface area contributed by atoms with Gasteiger partial charge in [0.2, 0.25) is 6.10 Å². The summed E-state index contributed by atoms with van der Waals surface area (Å²) >= 11 is 18.7. The summed E-state index contributed by atoms with van der Waals surface area (Å²) in [5, 5.41) is 16.9. The minimum Gasteiger partial charge on any atom is -0.382 e. The lowest BCUT2D eigenvalue weighted by atomic mass is 10.1. The summed E-state index contributed by atoms with van der Waals surface area (Å²) in [4.78, 5) is 18.0. The van der Waals surface area contributed by atoms with E-state index in [0.29, 0.717) is 34.3 Å². The summed E-state index contributed by atoms with van der Waals surface area (Å²) in [5.74, 6) is -0.163. The molecule has 3 aromatic rings. The van der Waals surface area contributed by atoms with Crippen molar-refractivity contribution in [2.24, 2.45) is 5.16 Å². The summed E-state index contributed by atoms with van der Waals surface area (Å²) < 4.78 is 3.38. The van der Waals surface area contributed by atoms with Crippen LogP contribution in [0.15, 0.2) is 35.7 Å². The van der Waals surface area contributed by atoms with Crippen LogP contribution in [0, 0.1) is 6.92 Å². The molecule has 1 atom stereocenters. The highest BCUT2D eigenvalue weighted by molar-refractivity contribution is 6.36. The Bertz CT molecular complexity index is 1150. The van der Waals surface area contributed by atoms with Gasteiger partial charge >= 0.3 is 0 Å². The lowest BCUT2D eigenvalue weighted by Crippen LogP contribution is -2.28. The molecule has 1 N–H and O–H groups in total. The van der Waals surface area contributed by atoms with Crippen LogP contribution in [0.5, 0.6) is 0 Å². The average molecular weight is 482 g/mol. The number of oxime groups is 1. The first-order chi connectivity index (χ1) is 14.9. The minimum absolute atomic E-state index is 0.224. The van der Waals surface area contributed by atoms with Crippen LogP contribution in [-0.4, -0.2) is 37.3 Å². The molecule has 0 bridgehead atoms. The Morgan fingerprint density at radius 3 is 2.58 bits per heavy atom. The number of aryl methyl sites for hydroxylation is 2. The molecule has 1 aliphatic rings. The van der Waals surface area contributed by atoms with Gasteiger partial charge in [0.1, 0.15) is 5.02 Å². The predicted octanol–water partition coefficient (Wildman–Crippen LogP) is 4.55. The van der Waals surface area contributed by atoms with E-state index >= 15 is 0 Å². The number of nitrogens with zero attached hydrogens (tertiary/aromatic N) is 5. The molecule has 0 radical (unpaired) electrons. The van der Waals surface area contributed by atoms with E-state index in [1.807, 2.05) is 24.7 Å². The molecule has 0 saturated carbocycles. The van der Waals surface area contributed by atoms with Gasteiger partial charge in [-0.25, -0.2) is 0 Å². The van der Waals surface area contributed by atoms with Crippen LogP contribution in [-0.2, 0) is 22.7 Å². The molecule has 31 heavy (non-hydrogen) atoms. The number of hydrogen-bond donors (Lipinski definition) is 1. The second kappa shape index (κ2) is 8.90. The fourth-order valence-corrected chi connectivity index (χ4v) is 3.96. The van der Waals surface area contributed by atoms with E-state index in [2.05, 4.69) is 20.7 Å². The fourth-order valence-electron chi connectivity index (χ4n) is 3.25. The lowest BCUT2D eigenvalue weighted by Gasteiger charge is -2.08. The number of carbonyl (C=O) groups excluding carboxylic acids is 1. The van der Waals surface area contributed by atoms with E-state index < -0.39 is 6.10 Å². The Hall–Kier alpha value is -2.55. The largest absolute Gasteiger partial charge is 0.382 e. The molecule has 0 spiro atoms. The van der Waals surface area contributed by atoms with Crippen molar-refractivity contribution in [2.75, 3.05) is 5.32 Å². The van der Waals surface area contributed by atoms with E-state index in [1.54, 1.807) is 29.1 Å². The second-order valence-electron chi connectivity index (χ2n) is 7.03. The van der Waals surface area contributed by atoms with E-state index in [0.717, 1.165) is 17.8 Å². The first-order valence-electron chi connectivity index (χ1n) is 9.59. The van der Waals surface area contributed by atoms with Crippen LogP contribution in [0.2, 0.25) is 15.1 Å². The molecule has 2 aromatic heterocycles. The Balaban J connectivity index is 1.42. The number of amides is 1. The quantitative estimate of drug-likeness (QED) is 0.560. The van der Waals surface area contributed by atoms with Gasteiger partial charge in [-0.05, 0) is 26.0 Å². The molecule has 8 nitrogen and oxygen atoms in total. The van der Waals surface area contributed by atoms with Crippen LogP contribution in [0.25, 0.3) is 0 Å². The fraction of sp³-hybridized carbons (Fsp3) is 0.300. The van der Waals surface area contributed by atoms with E-state index in [-0.39, 0.29) is 16.7 Å². The molecule has 11 heteroatoms. The molecule has 1 amide bonds. The van der Waals surface area contributed by atoms with Gasteiger partial charge in [0, 0.05) is 46.5 Å². The number of aromatic nitrogens is 4. The molecule has 0 aliphatic carbocycles. The first kappa shape index (κ1) is 21.7. The second-order valence-corrected chi connectivity index (χ2v) is 8.25. The highest BCUT2D eigenvalue weighted by Crippen LogP contribution is 2.27. The van der Waals surface area contributed by atoms with Gasteiger partial charge in [-0.15, -0.1) is 0 Å². The van der Waals surface area contributed by atoms with Gasteiger partial charge in [0.15, 0.2) is 5.82 Å². The minimum atomic E-state index is -0.779. The number of rotatable bonds is 6. The Morgan fingerprint density at radius 1 is 1.16 bits per heavy atom. The molecule has 162 valence electrons. The summed E-state index contributed by atoms with van der Waals surface area (Å²) in [5.41, 5.74) is 3.10. The van der Waals surface area contributed by atoms with Crippen LogP contribution in [0.4, 0.5) is 5.82 Å². The molecule has 0 saturated heterocycles. The maximum Gasteiger partial charge on any atom is 0.269 e. The zero-order valence-electron chi connectivity index (χ0n) is 16.8. The van der Waals surface area contributed by atoms with Gasteiger partial charge < -0.3 is 10.2 Å². The van der Waals surface area contributed by atoms with Gasteiger partial charge in [-0.3, -0.25) is 14.2 Å². The SMILES string of the molecule is CCn1cc(C2=NOC(C(=O)Nc3nn(Cc4c(Cl)cccc4Cl)cc3Cl)C2)c(C)n1. The van der Waals surface area contributed by atoms with Crippen molar-refractivity contribution in [3.05, 3.63) is 62.5 Å². The number of carbonyl (C=O) groups is 1. The van der Waals surface area contributed by atoms with Crippen molar-refractivity contribution in [1.29, 1.82) is 0 Å². The van der Waals surface area contributed by atoms with Crippen molar-refractivity contribution in [1.82, 2.24) is 19.6 Å². The lowest BCUT2D eigenvalue weighted by molar-refractivity contribution is -0.125. The summed E-state index contributed by atoms with van der Waals surface area (Å²) in [7, 11) is 0. The van der Waals surface area contributed by atoms with E-state index in [1.165, 1.54) is 0 Å². The number of nitrogens with one attached hydrogen (secondary N) is 1. The third kappa shape index (κ3) is 4.56. The zero-order valence-corrected chi connectivity index (χ0v) is 19.0. The number of halogens is 3. The Labute approximate surface area is 193 Å². The van der Waals surface area contributed by atoms with Crippen LogP contribution in [0.1, 0.15) is 30.2 Å². The molecule has 4 rings (SSSR count). The standard InChI is InChI=1S/C20H19Cl3N6O2/c1-3-28-8-12(11(2)25-28)17-7-18(31-27-17)20(30)24-19-16(23)10-29(26-19)9-13-14(21)5-4-6-15(13)22/h4-6,8,10,18H,3,7,9H2,1-2H3,(H,24,26,30). The van der Waals surface area contributed by atoms with Crippen LogP contribution < -0.4 is 5.32 Å². The summed E-state index contributed by atoms with van der Waals surface area (Å²) in [6.07, 6.45) is 3.04. The molecule has 0 fully saturated rings. The maximum absolute atomic E-state index is 12.7. The van der Waals surface area contributed by atoms with E-state index in [4.69, 9.17) is 39.6 Å². The molecular formula is C20H19Cl3N6O2. The normalized spacial score (nSPS) is 15.6. The van der Waals surface area contributed by atoms with Crippen molar-refractivity contribution in [2.45, 2.75) is 39.5 Å². The molecular weight excluding hydrogens is 463 g/mol. The molecule has 3 heterocycles. The van der Waals surface area contributed by atoms with Gasteiger partial charge in [-0.1, -0.05) is 46.0 Å². The molecule has 1 unspecified atom stereocenters. The Morgan fingerprint density at radius 2 is 1.90 bits per heavy atom. The van der Waals surface area contributed by atoms with Crippen molar-refractivity contribution < 1.29 is 9.63 Å². The van der Waals surface area contributed by atoms with Crippen molar-refractivity contribution in [3.8, 4) is 0 Å². The average Bonchev–Trinajstić information content (AvgIpc) is 3.44. The highest BCUT2D eigenvalue weighted by Gasteiger charge is 2.31. The third-order valence-electron chi connectivity index (χ3n) is 4.88. The zero-order chi connectivity index (χ0) is 22.1. The van der Waals surface area contributed by atoms with Gasteiger partial charge in [0.05, 0.1) is 18.0 Å². The monoisotopic (exact) mass is 480 g/mol. The van der Waals surface area contributed by atoms with Gasteiger partial charge in [0.25, 0.3) is 5.91 Å². The Kier molecular flexibility index (Phi) is 6.22. The third-order valence-corrected chi connectivity index (χ3v) is 5.87. The number of anilines is 1. The van der Waals surface area contributed by atoms with E-state index in [9.17, 15) is 4.79 Å².